The molecule has 1 atom stereocenters. The van der Waals surface area contributed by atoms with Gasteiger partial charge in [0.2, 0.25) is 0 Å². The van der Waals surface area contributed by atoms with Crippen molar-refractivity contribution in [2.45, 2.75) is 12.5 Å². The fourth-order valence-electron chi connectivity index (χ4n) is 4.09. The molecule has 0 saturated carbocycles. The van der Waals surface area contributed by atoms with E-state index in [2.05, 4.69) is 10.5 Å². The van der Waals surface area contributed by atoms with Crippen LogP contribution in [-0.4, -0.2) is 17.8 Å². The molecule has 8 heteroatoms. The zero-order valence-electron chi connectivity index (χ0n) is 19.5. The molecular formula is C29H21Cl3N4O. The number of hydrazone groups is 2. The van der Waals surface area contributed by atoms with Crippen molar-refractivity contribution in [1.82, 2.24) is 5.43 Å². The maximum absolute atomic E-state index is 12.3. The van der Waals surface area contributed by atoms with E-state index in [-0.39, 0.29) is 11.9 Å². The highest BCUT2D eigenvalue weighted by atomic mass is 35.5. The Kier molecular flexibility index (Phi) is 7.56. The number of halogens is 3. The Morgan fingerprint density at radius 3 is 2.19 bits per heavy atom. The van der Waals surface area contributed by atoms with Crippen LogP contribution in [0.5, 0.6) is 0 Å². The van der Waals surface area contributed by atoms with Crippen LogP contribution >= 0.6 is 34.8 Å². The van der Waals surface area contributed by atoms with Crippen molar-refractivity contribution in [1.29, 1.82) is 0 Å². The van der Waals surface area contributed by atoms with Gasteiger partial charge in [0.15, 0.2) is 0 Å². The summed E-state index contributed by atoms with van der Waals surface area (Å²) < 4.78 is 0. The number of nitrogens with zero attached hydrogens (tertiary/aromatic N) is 3. The normalized spacial score (nSPS) is 15.2. The average Bonchev–Trinajstić information content (AvgIpc) is 3.35. The molecule has 5 nitrogen and oxygen atoms in total. The van der Waals surface area contributed by atoms with Crippen LogP contribution in [0.15, 0.2) is 107 Å². The van der Waals surface area contributed by atoms with Crippen molar-refractivity contribution in [2.75, 3.05) is 5.01 Å². The van der Waals surface area contributed by atoms with Crippen molar-refractivity contribution in [3.8, 4) is 0 Å². The fourth-order valence-corrected chi connectivity index (χ4v) is 4.57. The molecule has 0 fully saturated rings. The molecule has 1 unspecified atom stereocenters. The minimum atomic E-state index is -0.370. The highest BCUT2D eigenvalue weighted by Gasteiger charge is 2.30. The van der Waals surface area contributed by atoms with Gasteiger partial charge in [0, 0.05) is 16.5 Å². The minimum Gasteiger partial charge on any atom is -0.267 e. The molecule has 5 rings (SSSR count). The third-order valence-corrected chi connectivity index (χ3v) is 6.83. The van der Waals surface area contributed by atoms with E-state index in [1.807, 2.05) is 77.8 Å². The van der Waals surface area contributed by atoms with E-state index >= 15 is 0 Å². The largest absolute Gasteiger partial charge is 0.272 e. The first-order chi connectivity index (χ1) is 18.0. The summed E-state index contributed by atoms with van der Waals surface area (Å²) in [5.74, 6) is -0.370. The van der Waals surface area contributed by atoms with Crippen LogP contribution in [0.25, 0.3) is 0 Å². The van der Waals surface area contributed by atoms with Gasteiger partial charge in [0.25, 0.3) is 5.91 Å². The second-order valence-electron chi connectivity index (χ2n) is 8.44. The summed E-state index contributed by atoms with van der Waals surface area (Å²) in [6, 6.07) is 30.2. The summed E-state index contributed by atoms with van der Waals surface area (Å²) in [6.45, 7) is 0. The highest BCUT2D eigenvalue weighted by molar-refractivity contribution is 6.33. The van der Waals surface area contributed by atoms with Crippen LogP contribution < -0.4 is 10.4 Å². The Balaban J connectivity index is 1.36. The maximum atomic E-state index is 12.3. The molecule has 0 bridgehead atoms. The average molecular weight is 548 g/mol. The standard InChI is InChI=1S/C29H21Cl3N4O/c30-22-11-7-20(8-12-22)27-17-28(21-9-13-23(31)14-10-21)36(35-27)24-15-5-19(6-16-24)18-33-34-29(37)25-3-1-2-4-26(25)32/h1-16,18,28H,17H2,(H,34,37). The summed E-state index contributed by atoms with van der Waals surface area (Å²) in [6.07, 6.45) is 2.32. The van der Waals surface area contributed by atoms with Crippen molar-refractivity contribution in [3.63, 3.8) is 0 Å². The van der Waals surface area contributed by atoms with Gasteiger partial charge in [-0.1, -0.05) is 83.3 Å². The number of amides is 1. The molecule has 184 valence electrons. The zero-order chi connectivity index (χ0) is 25.8. The summed E-state index contributed by atoms with van der Waals surface area (Å²) in [5.41, 5.74) is 7.76. The maximum Gasteiger partial charge on any atom is 0.272 e. The molecule has 1 heterocycles. The van der Waals surface area contributed by atoms with Gasteiger partial charge >= 0.3 is 0 Å². The Hall–Kier alpha value is -3.64. The predicted molar refractivity (Wildman–Crippen MR) is 152 cm³/mol. The van der Waals surface area contributed by atoms with E-state index in [4.69, 9.17) is 39.9 Å². The number of anilines is 1. The Morgan fingerprint density at radius 2 is 1.51 bits per heavy atom. The molecule has 37 heavy (non-hydrogen) atoms. The number of carbonyl (C=O) groups excluding carboxylic acids is 1. The van der Waals surface area contributed by atoms with E-state index in [1.165, 1.54) is 0 Å². The number of nitrogens with one attached hydrogen (secondary N) is 1. The van der Waals surface area contributed by atoms with Gasteiger partial charge < -0.3 is 0 Å². The quantitative estimate of drug-likeness (QED) is 0.198. The summed E-state index contributed by atoms with van der Waals surface area (Å²) in [5, 5.41) is 12.8. The molecule has 1 aliphatic heterocycles. The molecule has 1 amide bonds. The van der Waals surface area contributed by atoms with Crippen LogP contribution in [0.2, 0.25) is 15.1 Å². The molecule has 0 aromatic heterocycles. The van der Waals surface area contributed by atoms with E-state index in [0.29, 0.717) is 20.6 Å². The second kappa shape index (κ2) is 11.2. The predicted octanol–water partition coefficient (Wildman–Crippen LogP) is 7.77. The lowest BCUT2D eigenvalue weighted by Crippen LogP contribution is -2.18. The Labute approximate surface area is 230 Å². The van der Waals surface area contributed by atoms with Crippen molar-refractivity contribution in [2.24, 2.45) is 10.2 Å². The van der Waals surface area contributed by atoms with Crippen LogP contribution in [0.4, 0.5) is 5.69 Å². The molecule has 0 aliphatic carbocycles. The lowest BCUT2D eigenvalue weighted by Gasteiger charge is -2.24. The molecular weight excluding hydrogens is 527 g/mol. The van der Waals surface area contributed by atoms with Crippen LogP contribution in [-0.2, 0) is 0 Å². The van der Waals surface area contributed by atoms with Crippen molar-refractivity contribution in [3.05, 3.63) is 134 Å². The smallest absolute Gasteiger partial charge is 0.267 e. The molecule has 1 N–H and O–H groups in total. The van der Waals surface area contributed by atoms with E-state index in [9.17, 15) is 4.79 Å². The van der Waals surface area contributed by atoms with Gasteiger partial charge in [-0.05, 0) is 65.2 Å². The number of hydrogen-bond acceptors (Lipinski definition) is 4. The number of carbonyl (C=O) groups is 1. The van der Waals surface area contributed by atoms with Gasteiger partial charge in [-0.25, -0.2) is 5.43 Å². The first kappa shape index (κ1) is 25.0. The molecule has 0 spiro atoms. The van der Waals surface area contributed by atoms with Gasteiger partial charge in [0.1, 0.15) is 0 Å². The summed E-state index contributed by atoms with van der Waals surface area (Å²) in [4.78, 5) is 12.3. The number of hydrogen-bond donors (Lipinski definition) is 1. The van der Waals surface area contributed by atoms with Crippen molar-refractivity contribution < 1.29 is 4.79 Å². The monoisotopic (exact) mass is 546 g/mol. The number of rotatable bonds is 6. The highest BCUT2D eigenvalue weighted by Crippen LogP contribution is 2.37. The van der Waals surface area contributed by atoms with E-state index in [1.54, 1.807) is 30.5 Å². The Morgan fingerprint density at radius 1 is 0.865 bits per heavy atom. The van der Waals surface area contributed by atoms with Gasteiger partial charge in [-0.3, -0.25) is 9.80 Å². The third kappa shape index (κ3) is 5.86. The van der Waals surface area contributed by atoms with Gasteiger partial charge in [-0.15, -0.1) is 0 Å². The van der Waals surface area contributed by atoms with Gasteiger partial charge in [-0.2, -0.15) is 10.2 Å². The molecule has 4 aromatic carbocycles. The van der Waals surface area contributed by atoms with E-state index in [0.717, 1.165) is 34.5 Å². The van der Waals surface area contributed by atoms with Crippen molar-refractivity contribution >= 4 is 58.3 Å². The summed E-state index contributed by atoms with van der Waals surface area (Å²) >= 11 is 18.3. The fraction of sp³-hybridized carbons (Fsp3) is 0.0690. The number of benzene rings is 4. The first-order valence-corrected chi connectivity index (χ1v) is 12.7. The first-order valence-electron chi connectivity index (χ1n) is 11.5. The van der Waals surface area contributed by atoms with E-state index < -0.39 is 0 Å². The molecule has 1 aliphatic rings. The minimum absolute atomic E-state index is 0.0115. The van der Waals surface area contributed by atoms with Crippen LogP contribution in [0, 0.1) is 0 Å². The molecule has 0 saturated heterocycles. The van der Waals surface area contributed by atoms with Gasteiger partial charge in [0.05, 0.1) is 34.2 Å². The Bertz CT molecular complexity index is 1470. The topological polar surface area (TPSA) is 57.1 Å². The SMILES string of the molecule is O=C(NN=Cc1ccc(N2N=C(c3ccc(Cl)cc3)CC2c2ccc(Cl)cc2)cc1)c1ccccc1Cl. The zero-order valence-corrected chi connectivity index (χ0v) is 21.8. The second-order valence-corrected chi connectivity index (χ2v) is 9.72. The van der Waals surface area contributed by atoms with Crippen LogP contribution in [0.3, 0.4) is 0 Å². The third-order valence-electron chi connectivity index (χ3n) is 6.00. The van der Waals surface area contributed by atoms with Crippen LogP contribution in [0.1, 0.15) is 39.5 Å². The lowest BCUT2D eigenvalue weighted by atomic mass is 9.98. The lowest BCUT2D eigenvalue weighted by molar-refractivity contribution is 0.0955. The molecule has 4 aromatic rings. The summed E-state index contributed by atoms with van der Waals surface area (Å²) in [7, 11) is 0. The molecule has 0 radical (unpaired) electrons.